The molecular weight excluding hydrogens is 1470 g/mol. The molecule has 4 aromatic heterocycles. The molecule has 0 N–H and O–H groups in total. The van der Waals surface area contributed by atoms with Crippen LogP contribution in [0.25, 0.3) is 252 Å². The Bertz CT molecular complexity index is 8630. The number of para-hydroxylation sites is 2. The number of pyridine rings is 4. The van der Waals surface area contributed by atoms with Crippen LogP contribution in [0.3, 0.4) is 0 Å². The van der Waals surface area contributed by atoms with Crippen molar-refractivity contribution in [1.29, 1.82) is 0 Å². The van der Waals surface area contributed by atoms with E-state index < -0.39 is 0 Å². The van der Waals surface area contributed by atoms with Gasteiger partial charge in [0.25, 0.3) is 0 Å². The average molecular weight is 1550 g/mol. The van der Waals surface area contributed by atoms with E-state index in [0.29, 0.717) is 0 Å². The van der Waals surface area contributed by atoms with Crippen LogP contribution in [-0.4, -0.2) is 19.9 Å². The lowest BCUT2D eigenvalue weighted by Crippen LogP contribution is -1.95. The smallest absolute Gasteiger partial charge is 0.0794 e. The third-order valence-corrected chi connectivity index (χ3v) is 25.3. The molecule has 4 heterocycles. The van der Waals surface area contributed by atoms with Gasteiger partial charge >= 0.3 is 0 Å². The molecule has 122 heavy (non-hydrogen) atoms. The van der Waals surface area contributed by atoms with E-state index in [1.54, 1.807) is 0 Å². The number of nitrogens with zero attached hydrogens (tertiary/aromatic N) is 4. The van der Waals surface area contributed by atoms with E-state index in [-0.39, 0.29) is 0 Å². The molecule has 0 aliphatic heterocycles. The van der Waals surface area contributed by atoms with Crippen molar-refractivity contribution >= 4 is 151 Å². The predicted molar refractivity (Wildman–Crippen MR) is 518 cm³/mol. The van der Waals surface area contributed by atoms with Crippen LogP contribution in [0, 0.1) is 0 Å². The minimum Gasteiger partial charge on any atom is -0.256 e. The van der Waals surface area contributed by atoms with Gasteiger partial charge in [-0.1, -0.05) is 358 Å². The highest BCUT2D eigenvalue weighted by molar-refractivity contribution is 6.25. The van der Waals surface area contributed by atoms with Gasteiger partial charge in [0, 0.05) is 60.8 Å². The Morgan fingerprint density at radius 1 is 0.131 bits per heavy atom. The fourth-order valence-electron chi connectivity index (χ4n) is 19.5. The highest BCUT2D eigenvalue weighted by atomic mass is 14.7. The number of hydrogen-bond acceptors (Lipinski definition) is 4. The summed E-state index contributed by atoms with van der Waals surface area (Å²) < 4.78 is 0. The van der Waals surface area contributed by atoms with Crippen LogP contribution in [0.4, 0.5) is 0 Å². The fourth-order valence-corrected chi connectivity index (χ4v) is 19.5. The van der Waals surface area contributed by atoms with Gasteiger partial charge in [0.15, 0.2) is 0 Å². The first-order valence-electron chi connectivity index (χ1n) is 41.9. The van der Waals surface area contributed by atoms with Crippen molar-refractivity contribution in [3.05, 3.63) is 437 Å². The normalized spacial score (nSPS) is 11.8. The van der Waals surface area contributed by atoms with Crippen molar-refractivity contribution in [2.75, 3.05) is 0 Å². The van der Waals surface area contributed by atoms with Crippen molar-refractivity contribution in [2.24, 2.45) is 0 Å². The Hall–Kier alpha value is -16.1. The zero-order valence-electron chi connectivity index (χ0n) is 66.4. The van der Waals surface area contributed by atoms with E-state index in [0.717, 1.165) is 122 Å². The van der Waals surface area contributed by atoms with Gasteiger partial charge in [-0.3, -0.25) is 4.98 Å². The summed E-state index contributed by atoms with van der Waals surface area (Å²) in [6.45, 7) is 0. The second-order valence-electron chi connectivity index (χ2n) is 32.1. The third kappa shape index (κ3) is 11.8. The van der Waals surface area contributed by atoms with Gasteiger partial charge in [0.05, 0.1) is 39.1 Å². The van der Waals surface area contributed by atoms with E-state index in [9.17, 15) is 0 Å². The maximum Gasteiger partial charge on any atom is 0.0794 e. The molecule has 0 radical (unpaired) electrons. The van der Waals surface area contributed by atoms with Gasteiger partial charge in [-0.15, -0.1) is 0 Å². The van der Waals surface area contributed by atoms with Crippen molar-refractivity contribution < 1.29 is 0 Å². The number of hydrogen-bond donors (Lipinski definition) is 0. The molecule has 0 spiro atoms. The molecular formula is C118H72N4. The first-order chi connectivity index (χ1) is 60.5. The third-order valence-electron chi connectivity index (χ3n) is 25.3. The summed E-state index contributed by atoms with van der Waals surface area (Å²) >= 11 is 0. The summed E-state index contributed by atoms with van der Waals surface area (Å²) in [5, 5.41) is 28.9. The summed E-state index contributed by atoms with van der Waals surface area (Å²) in [5.41, 5.74) is 24.1. The van der Waals surface area contributed by atoms with Crippen LogP contribution in [0.2, 0.25) is 0 Å². The largest absolute Gasteiger partial charge is 0.256 e. The molecule has 0 bridgehead atoms. The molecule has 0 saturated carbocycles. The van der Waals surface area contributed by atoms with Gasteiger partial charge < -0.3 is 0 Å². The fraction of sp³-hybridized carbons (Fsp3) is 0. The van der Waals surface area contributed by atoms with Gasteiger partial charge in [-0.25, -0.2) is 15.0 Å². The summed E-state index contributed by atoms with van der Waals surface area (Å²) in [7, 11) is 0. The van der Waals surface area contributed by atoms with Crippen molar-refractivity contribution in [1.82, 2.24) is 19.9 Å². The zero-order valence-corrected chi connectivity index (χ0v) is 66.4. The molecule has 25 rings (SSSR count). The monoisotopic (exact) mass is 1540 g/mol. The second kappa shape index (κ2) is 28.9. The average Bonchev–Trinajstić information content (AvgIpc) is 0.725. The summed E-state index contributed by atoms with van der Waals surface area (Å²) in [6, 6.07) is 156. The Labute approximate surface area is 703 Å². The van der Waals surface area contributed by atoms with Crippen LogP contribution in [0.15, 0.2) is 437 Å². The topological polar surface area (TPSA) is 51.6 Å². The molecule has 0 saturated heterocycles. The minimum atomic E-state index is 0.948. The highest BCUT2D eigenvalue weighted by Crippen LogP contribution is 2.49. The summed E-state index contributed by atoms with van der Waals surface area (Å²) in [5.74, 6) is 0. The van der Waals surface area contributed by atoms with Crippen LogP contribution in [0.1, 0.15) is 0 Å². The molecule has 0 amide bonds. The first kappa shape index (κ1) is 70.1. The number of rotatable bonds is 9. The molecule has 4 heteroatoms. The predicted octanol–water partition coefficient (Wildman–Crippen LogP) is 32.1. The van der Waals surface area contributed by atoms with E-state index in [2.05, 4.69) is 425 Å². The number of aromatic nitrogens is 4. The summed E-state index contributed by atoms with van der Waals surface area (Å²) in [4.78, 5) is 21.3. The van der Waals surface area contributed by atoms with Gasteiger partial charge in [0.2, 0.25) is 0 Å². The lowest BCUT2D eigenvalue weighted by atomic mass is 9.87. The zero-order chi connectivity index (χ0) is 80.3. The lowest BCUT2D eigenvalue weighted by molar-refractivity contribution is 1.39. The molecule has 21 aromatic carbocycles. The van der Waals surface area contributed by atoms with Gasteiger partial charge in [-0.2, -0.15) is 0 Å². The van der Waals surface area contributed by atoms with Gasteiger partial charge in [-0.05, 0) is 231 Å². The molecule has 25 aromatic rings. The molecule has 0 fully saturated rings. The van der Waals surface area contributed by atoms with Crippen LogP contribution in [0.5, 0.6) is 0 Å². The minimum absolute atomic E-state index is 0.948. The Morgan fingerprint density at radius 2 is 0.418 bits per heavy atom. The Kier molecular flexibility index (Phi) is 16.6. The molecule has 4 nitrogen and oxygen atoms in total. The maximum absolute atomic E-state index is 5.69. The van der Waals surface area contributed by atoms with Crippen LogP contribution >= 0.6 is 0 Å². The van der Waals surface area contributed by atoms with Crippen molar-refractivity contribution in [2.45, 2.75) is 0 Å². The highest BCUT2D eigenvalue weighted by Gasteiger charge is 2.24. The van der Waals surface area contributed by atoms with E-state index in [1.807, 2.05) is 12.3 Å². The van der Waals surface area contributed by atoms with E-state index >= 15 is 0 Å². The molecule has 564 valence electrons. The van der Waals surface area contributed by atoms with Crippen molar-refractivity contribution in [3.63, 3.8) is 0 Å². The van der Waals surface area contributed by atoms with Crippen molar-refractivity contribution in [3.8, 4) is 101 Å². The van der Waals surface area contributed by atoms with Crippen LogP contribution < -0.4 is 0 Å². The van der Waals surface area contributed by atoms with E-state index in [4.69, 9.17) is 19.9 Å². The van der Waals surface area contributed by atoms with Crippen LogP contribution in [-0.2, 0) is 0 Å². The molecule has 0 aliphatic rings. The quantitative estimate of drug-likeness (QED) is 0.135. The molecule has 0 atom stereocenters. The Balaban J connectivity index is 0.000000139. The molecule has 0 aliphatic carbocycles. The Morgan fingerprint density at radius 3 is 0.852 bits per heavy atom. The SMILES string of the molecule is c1ccc(-c2cc(-c3ccc(-c4cc(-c5cc6ccccc6c6ccccc56)nc5c4cc(-c4cc6ccccc6c6ccccc46)c4ccccc45)cc3)nc3ccccc23)cc1.c1ccc2ncc(-c3ccc(-c4cc(-c5cc6ccccc6c6ccccc56)nc5c4cc(-c4cc6ccccc6c6ccccc46)c4ccccc45)cc3)cc2c1. The lowest BCUT2D eigenvalue weighted by Gasteiger charge is -2.18. The van der Waals surface area contributed by atoms with Gasteiger partial charge in [0.1, 0.15) is 0 Å². The maximum atomic E-state index is 5.69. The molecule has 0 unspecified atom stereocenters. The summed E-state index contributed by atoms with van der Waals surface area (Å²) in [6.07, 6.45) is 1.98. The number of fused-ring (bicyclic) bond motifs is 20. The standard InChI is InChI=1S/C62H38N2.C56H34N2/c1-2-16-39(17-3-1)53-37-60(63-59-29-15-14-27-51(53)59)41-32-30-40(31-33-41)54-38-61(57-35-43-19-5-7-21-45(43)47-23-9-11-25-49(47)57)64-62-52-28-13-12-26-50(52)56(36-58(54)62)55-34-42-18-4-6-20-44(42)46-22-8-10-24-48(46)55;1-4-16-41-37(13-1)30-50(45-20-8-6-18-43(41)45)51-32-53-49(36-27-25-35(26-28-36)40-29-39-15-3-12-24-54(39)57-34-40)33-55(58-56(53)48-23-11-10-22-47(48)51)52-31-38-14-2-5-17-42(38)44-19-7-9-21-46(44)52/h1-38H;1-34H. The van der Waals surface area contributed by atoms with E-state index in [1.165, 1.54) is 130 Å². The first-order valence-corrected chi connectivity index (χ1v) is 41.9. The number of benzene rings is 21. The second-order valence-corrected chi connectivity index (χ2v) is 32.1.